The average Bonchev–Trinajstić information content (AvgIpc) is 2.41. The molecular weight excluding hydrogens is 350 g/mol. The highest BCUT2D eigenvalue weighted by molar-refractivity contribution is 9.10. The maximum atomic E-state index is 11.9. The SMILES string of the molecule is O=C(Oc1ccc(Cl)cc1)c1ccc(Br)c([N+](=O)[O-])c1. The molecule has 0 bridgehead atoms. The summed E-state index contributed by atoms with van der Waals surface area (Å²) in [5.74, 6) is -0.368. The zero-order chi connectivity index (χ0) is 14.7. The molecule has 2 aromatic rings. The molecule has 0 aliphatic carbocycles. The first-order chi connectivity index (χ1) is 9.47. The summed E-state index contributed by atoms with van der Waals surface area (Å²) < 4.78 is 5.39. The van der Waals surface area contributed by atoms with Crippen LogP contribution in [0.4, 0.5) is 5.69 Å². The van der Waals surface area contributed by atoms with Crippen molar-refractivity contribution in [3.8, 4) is 5.75 Å². The van der Waals surface area contributed by atoms with Gasteiger partial charge in [0.25, 0.3) is 5.69 Å². The van der Waals surface area contributed by atoms with Crippen LogP contribution in [0.15, 0.2) is 46.9 Å². The van der Waals surface area contributed by atoms with E-state index in [1.54, 1.807) is 12.1 Å². The number of benzene rings is 2. The van der Waals surface area contributed by atoms with Gasteiger partial charge >= 0.3 is 5.97 Å². The Morgan fingerprint density at radius 3 is 2.45 bits per heavy atom. The second-order valence-electron chi connectivity index (χ2n) is 3.77. The van der Waals surface area contributed by atoms with Crippen LogP contribution in [-0.4, -0.2) is 10.9 Å². The minimum Gasteiger partial charge on any atom is -0.423 e. The van der Waals surface area contributed by atoms with E-state index in [1.807, 2.05) is 0 Å². The molecule has 0 amide bonds. The quantitative estimate of drug-likeness (QED) is 0.357. The Kier molecular flexibility index (Phi) is 4.36. The van der Waals surface area contributed by atoms with E-state index in [1.165, 1.54) is 24.3 Å². The molecule has 0 heterocycles. The molecule has 0 spiro atoms. The van der Waals surface area contributed by atoms with Crippen molar-refractivity contribution in [3.63, 3.8) is 0 Å². The van der Waals surface area contributed by atoms with Crippen LogP contribution >= 0.6 is 27.5 Å². The molecule has 0 atom stereocenters. The van der Waals surface area contributed by atoms with E-state index < -0.39 is 10.9 Å². The molecule has 2 rings (SSSR count). The van der Waals surface area contributed by atoms with Gasteiger partial charge in [-0.05, 0) is 52.3 Å². The molecule has 5 nitrogen and oxygen atoms in total. The normalized spacial score (nSPS) is 10.1. The van der Waals surface area contributed by atoms with Crippen molar-refractivity contribution in [2.45, 2.75) is 0 Å². The van der Waals surface area contributed by atoms with Gasteiger partial charge in [-0.2, -0.15) is 0 Å². The van der Waals surface area contributed by atoms with Gasteiger partial charge in [0.1, 0.15) is 5.75 Å². The van der Waals surface area contributed by atoms with Crippen molar-refractivity contribution >= 4 is 39.2 Å². The first-order valence-electron chi connectivity index (χ1n) is 5.39. The summed E-state index contributed by atoms with van der Waals surface area (Å²) in [6, 6.07) is 10.2. The van der Waals surface area contributed by atoms with Gasteiger partial charge in [-0.3, -0.25) is 10.1 Å². The molecule has 0 unspecified atom stereocenters. The smallest absolute Gasteiger partial charge is 0.343 e. The Bertz CT molecular complexity index is 673. The standard InChI is InChI=1S/C13H7BrClNO4/c14-11-6-1-8(7-12(11)16(18)19)13(17)20-10-4-2-9(15)3-5-10/h1-7H. The number of hydrogen-bond donors (Lipinski definition) is 0. The Morgan fingerprint density at radius 1 is 1.20 bits per heavy atom. The second kappa shape index (κ2) is 6.02. The number of nitro groups is 1. The fourth-order valence-electron chi connectivity index (χ4n) is 1.45. The number of hydrogen-bond acceptors (Lipinski definition) is 4. The van der Waals surface area contributed by atoms with Crippen molar-refractivity contribution in [1.82, 2.24) is 0 Å². The first kappa shape index (κ1) is 14.5. The maximum Gasteiger partial charge on any atom is 0.343 e. The van der Waals surface area contributed by atoms with Crippen molar-refractivity contribution in [3.05, 3.63) is 67.6 Å². The van der Waals surface area contributed by atoms with Gasteiger partial charge in [0.05, 0.1) is 15.0 Å². The number of rotatable bonds is 3. The van der Waals surface area contributed by atoms with Gasteiger partial charge in [-0.1, -0.05) is 11.6 Å². The van der Waals surface area contributed by atoms with Crippen molar-refractivity contribution in [2.24, 2.45) is 0 Å². The molecule has 0 aromatic heterocycles. The first-order valence-corrected chi connectivity index (χ1v) is 6.56. The Hall–Kier alpha value is -1.92. The molecule has 0 saturated carbocycles. The lowest BCUT2D eigenvalue weighted by Crippen LogP contribution is -2.08. The van der Waals surface area contributed by atoms with E-state index in [2.05, 4.69) is 15.9 Å². The van der Waals surface area contributed by atoms with Gasteiger partial charge in [-0.25, -0.2) is 4.79 Å². The topological polar surface area (TPSA) is 69.4 Å². The van der Waals surface area contributed by atoms with Crippen LogP contribution in [0.25, 0.3) is 0 Å². The molecule has 2 aromatic carbocycles. The van der Waals surface area contributed by atoms with E-state index in [9.17, 15) is 14.9 Å². The number of ether oxygens (including phenoxy) is 1. The van der Waals surface area contributed by atoms with Gasteiger partial charge in [0.15, 0.2) is 0 Å². The average molecular weight is 357 g/mol. The van der Waals surface area contributed by atoms with E-state index >= 15 is 0 Å². The van der Waals surface area contributed by atoms with Gasteiger partial charge in [0.2, 0.25) is 0 Å². The fraction of sp³-hybridized carbons (Fsp3) is 0. The molecular formula is C13H7BrClNO4. The summed E-state index contributed by atoms with van der Waals surface area (Å²) in [5.41, 5.74) is -0.106. The number of nitro benzene ring substituents is 1. The third-order valence-corrected chi connectivity index (χ3v) is 3.33. The van der Waals surface area contributed by atoms with Gasteiger partial charge in [0, 0.05) is 11.1 Å². The molecule has 0 aliphatic heterocycles. The monoisotopic (exact) mass is 355 g/mol. The van der Waals surface area contributed by atoms with Crippen LogP contribution in [0.3, 0.4) is 0 Å². The Morgan fingerprint density at radius 2 is 1.85 bits per heavy atom. The van der Waals surface area contributed by atoms with Crippen molar-refractivity contribution in [2.75, 3.05) is 0 Å². The van der Waals surface area contributed by atoms with Gasteiger partial charge in [-0.15, -0.1) is 0 Å². The highest BCUT2D eigenvalue weighted by Crippen LogP contribution is 2.26. The number of carbonyl (C=O) groups excluding carboxylic acids is 1. The third kappa shape index (κ3) is 3.34. The third-order valence-electron chi connectivity index (χ3n) is 2.40. The highest BCUT2D eigenvalue weighted by atomic mass is 79.9. The van der Waals surface area contributed by atoms with Gasteiger partial charge < -0.3 is 4.74 Å². The number of halogens is 2. The summed E-state index contributed by atoms with van der Waals surface area (Å²) in [5, 5.41) is 11.3. The van der Waals surface area contributed by atoms with E-state index in [0.29, 0.717) is 15.2 Å². The van der Waals surface area contributed by atoms with Crippen molar-refractivity contribution in [1.29, 1.82) is 0 Å². The summed E-state index contributed by atoms with van der Waals surface area (Å²) in [7, 11) is 0. The van der Waals surface area contributed by atoms with E-state index in [-0.39, 0.29) is 11.3 Å². The minimum absolute atomic E-state index is 0.0925. The summed E-state index contributed by atoms with van der Waals surface area (Å²) >= 11 is 8.76. The van der Waals surface area contributed by atoms with Crippen LogP contribution in [0.2, 0.25) is 5.02 Å². The summed E-state index contributed by atoms with van der Waals surface area (Å²) in [6.07, 6.45) is 0. The molecule has 0 saturated heterocycles. The number of esters is 1. The molecule has 102 valence electrons. The summed E-state index contributed by atoms with van der Waals surface area (Å²) in [4.78, 5) is 22.1. The molecule has 0 aliphatic rings. The fourth-order valence-corrected chi connectivity index (χ4v) is 1.97. The molecule has 20 heavy (non-hydrogen) atoms. The van der Waals surface area contributed by atoms with Crippen molar-refractivity contribution < 1.29 is 14.5 Å². The zero-order valence-corrected chi connectivity index (χ0v) is 12.2. The minimum atomic E-state index is -0.678. The maximum absolute atomic E-state index is 11.9. The molecule has 0 N–H and O–H groups in total. The number of carbonyl (C=O) groups is 1. The second-order valence-corrected chi connectivity index (χ2v) is 5.06. The lowest BCUT2D eigenvalue weighted by Gasteiger charge is -2.04. The zero-order valence-electron chi connectivity index (χ0n) is 9.88. The summed E-state index contributed by atoms with van der Waals surface area (Å²) in [6.45, 7) is 0. The van der Waals surface area contributed by atoms with E-state index in [4.69, 9.17) is 16.3 Å². The lowest BCUT2D eigenvalue weighted by molar-refractivity contribution is -0.385. The Labute approximate surface area is 127 Å². The molecule has 0 fully saturated rings. The van der Waals surface area contributed by atoms with Crippen LogP contribution in [0.5, 0.6) is 5.75 Å². The Balaban J connectivity index is 2.23. The predicted octanol–water partition coefficient (Wildman–Crippen LogP) is 4.23. The predicted molar refractivity (Wildman–Crippen MR) is 77.2 cm³/mol. The van der Waals surface area contributed by atoms with Crippen LogP contribution in [0.1, 0.15) is 10.4 Å². The number of nitrogens with zero attached hydrogens (tertiary/aromatic N) is 1. The molecule has 0 radical (unpaired) electrons. The molecule has 7 heteroatoms. The lowest BCUT2D eigenvalue weighted by atomic mass is 10.2. The van der Waals surface area contributed by atoms with E-state index in [0.717, 1.165) is 6.07 Å². The largest absolute Gasteiger partial charge is 0.423 e. The van der Waals surface area contributed by atoms with Crippen LogP contribution < -0.4 is 4.74 Å². The van der Waals surface area contributed by atoms with Crippen LogP contribution in [-0.2, 0) is 0 Å². The highest BCUT2D eigenvalue weighted by Gasteiger charge is 2.17. The van der Waals surface area contributed by atoms with Crippen LogP contribution in [0, 0.1) is 10.1 Å².